The Kier molecular flexibility index (Phi) is 6.19. The van der Waals surface area contributed by atoms with E-state index in [0.29, 0.717) is 27.8 Å². The summed E-state index contributed by atoms with van der Waals surface area (Å²) in [7, 11) is 4.64. The Hall–Kier alpha value is -3.09. The molecule has 2 atom stereocenters. The zero-order valence-corrected chi connectivity index (χ0v) is 20.7. The van der Waals surface area contributed by atoms with Crippen LogP contribution >= 0.6 is 22.9 Å². The highest BCUT2D eigenvalue weighted by Crippen LogP contribution is 2.48. The second kappa shape index (κ2) is 9.28. The molecule has 1 heterocycles. The highest BCUT2D eigenvalue weighted by molar-refractivity contribution is 7.21. The summed E-state index contributed by atoms with van der Waals surface area (Å²) in [6, 6.07) is 17.6. The van der Waals surface area contributed by atoms with Crippen molar-refractivity contribution in [3.63, 3.8) is 0 Å². The van der Waals surface area contributed by atoms with E-state index in [0.717, 1.165) is 39.2 Å². The first kappa shape index (κ1) is 22.7. The van der Waals surface area contributed by atoms with Crippen LogP contribution in [0.5, 0.6) is 17.2 Å². The van der Waals surface area contributed by atoms with E-state index in [2.05, 4.69) is 12.1 Å². The van der Waals surface area contributed by atoms with Crippen LogP contribution in [-0.2, 0) is 0 Å². The standard InChI is InChI=1S/C27H24ClNO4S/c1-31-22-13-16(14-23(32-2)26(22)33-3)25(30)18-10-9-17(18)19-12-15(8-11-20(19)28)27-29-21-6-4-5-7-24(21)34-27/h4-8,11-14,17-18H,9-10H2,1-3H3. The summed E-state index contributed by atoms with van der Waals surface area (Å²) < 4.78 is 17.4. The summed E-state index contributed by atoms with van der Waals surface area (Å²) in [6.45, 7) is 0. The van der Waals surface area contributed by atoms with Gasteiger partial charge in [-0.05, 0) is 60.7 Å². The Labute approximate surface area is 207 Å². The van der Waals surface area contributed by atoms with Crippen molar-refractivity contribution in [3.8, 4) is 27.8 Å². The fourth-order valence-electron chi connectivity index (χ4n) is 4.58. The molecule has 0 saturated heterocycles. The SMILES string of the molecule is COc1cc(C(=O)C2CCC2c2cc(-c3nc4ccccc4s3)ccc2Cl)cc(OC)c1OC. The number of carbonyl (C=O) groups is 1. The Balaban J connectivity index is 1.47. The molecule has 1 fully saturated rings. The largest absolute Gasteiger partial charge is 0.493 e. The van der Waals surface area contributed by atoms with Crippen molar-refractivity contribution in [2.75, 3.05) is 21.3 Å². The van der Waals surface area contributed by atoms with E-state index in [1.807, 2.05) is 30.3 Å². The molecule has 0 amide bonds. The molecule has 5 nitrogen and oxygen atoms in total. The lowest BCUT2D eigenvalue weighted by atomic mass is 9.67. The number of rotatable bonds is 7. The van der Waals surface area contributed by atoms with Crippen LogP contribution in [0, 0.1) is 5.92 Å². The summed E-state index contributed by atoms with van der Waals surface area (Å²) in [5.74, 6) is 1.35. The number of nitrogens with zero attached hydrogens (tertiary/aromatic N) is 1. The number of halogens is 1. The van der Waals surface area contributed by atoms with Gasteiger partial charge in [-0.15, -0.1) is 11.3 Å². The summed E-state index contributed by atoms with van der Waals surface area (Å²) in [4.78, 5) is 18.3. The van der Waals surface area contributed by atoms with Gasteiger partial charge >= 0.3 is 0 Å². The quantitative estimate of drug-likeness (QED) is 0.259. The number of aromatic nitrogens is 1. The Morgan fingerprint density at radius 1 is 0.971 bits per heavy atom. The molecular formula is C27H24ClNO4S. The summed E-state index contributed by atoms with van der Waals surface area (Å²) in [5.41, 5.74) is 3.54. The number of hydrogen-bond acceptors (Lipinski definition) is 6. The Bertz CT molecular complexity index is 1320. The van der Waals surface area contributed by atoms with Gasteiger partial charge in [0.25, 0.3) is 0 Å². The lowest BCUT2D eigenvalue weighted by Gasteiger charge is -2.36. The molecule has 0 spiro atoms. The van der Waals surface area contributed by atoms with E-state index in [1.165, 1.54) is 0 Å². The van der Waals surface area contributed by atoms with Crippen LogP contribution in [0.4, 0.5) is 0 Å². The number of carbonyl (C=O) groups excluding carboxylic acids is 1. The third-order valence-electron chi connectivity index (χ3n) is 6.50. The molecule has 2 unspecified atom stereocenters. The zero-order chi connectivity index (χ0) is 23.8. The highest BCUT2D eigenvalue weighted by Gasteiger charge is 2.39. The predicted octanol–water partition coefficient (Wildman–Crippen LogP) is 7.02. The van der Waals surface area contributed by atoms with Gasteiger partial charge in [0.1, 0.15) is 5.01 Å². The van der Waals surface area contributed by atoms with Gasteiger partial charge in [-0.1, -0.05) is 29.8 Å². The maximum atomic E-state index is 13.5. The van der Waals surface area contributed by atoms with Crippen LogP contribution in [-0.4, -0.2) is 32.1 Å². The zero-order valence-electron chi connectivity index (χ0n) is 19.1. The van der Waals surface area contributed by atoms with E-state index < -0.39 is 0 Å². The molecule has 1 aliphatic rings. The van der Waals surface area contributed by atoms with Crippen LogP contribution in [0.3, 0.4) is 0 Å². The average Bonchev–Trinajstić information content (AvgIpc) is 3.28. The third kappa shape index (κ3) is 3.91. The maximum Gasteiger partial charge on any atom is 0.203 e. The van der Waals surface area contributed by atoms with Crippen molar-refractivity contribution >= 4 is 38.9 Å². The number of fused-ring (bicyclic) bond motifs is 1. The number of ketones is 1. The summed E-state index contributed by atoms with van der Waals surface area (Å²) in [6.07, 6.45) is 1.71. The van der Waals surface area contributed by atoms with Crippen molar-refractivity contribution in [2.45, 2.75) is 18.8 Å². The lowest BCUT2D eigenvalue weighted by molar-refractivity contribution is 0.0818. The molecule has 4 aromatic rings. The molecule has 0 aliphatic heterocycles. The Morgan fingerprint density at radius 3 is 2.32 bits per heavy atom. The number of benzene rings is 3. The van der Waals surface area contributed by atoms with E-state index in [4.69, 9.17) is 30.8 Å². The summed E-state index contributed by atoms with van der Waals surface area (Å²) >= 11 is 8.29. The van der Waals surface area contributed by atoms with Crippen molar-refractivity contribution < 1.29 is 19.0 Å². The number of hydrogen-bond donors (Lipinski definition) is 0. The van der Waals surface area contributed by atoms with Gasteiger partial charge in [-0.25, -0.2) is 4.98 Å². The van der Waals surface area contributed by atoms with E-state index in [1.54, 1.807) is 44.8 Å². The number of methoxy groups -OCH3 is 3. The van der Waals surface area contributed by atoms with E-state index >= 15 is 0 Å². The smallest absolute Gasteiger partial charge is 0.203 e. The van der Waals surface area contributed by atoms with E-state index in [-0.39, 0.29) is 17.6 Å². The van der Waals surface area contributed by atoms with Crippen LogP contribution in [0.25, 0.3) is 20.8 Å². The van der Waals surface area contributed by atoms with Crippen LogP contribution in [0.1, 0.15) is 34.7 Å². The van der Waals surface area contributed by atoms with Crippen molar-refractivity contribution in [2.24, 2.45) is 5.92 Å². The van der Waals surface area contributed by atoms with E-state index in [9.17, 15) is 4.79 Å². The fraction of sp³-hybridized carbons (Fsp3) is 0.259. The molecule has 34 heavy (non-hydrogen) atoms. The minimum Gasteiger partial charge on any atom is -0.493 e. The molecular weight excluding hydrogens is 470 g/mol. The van der Waals surface area contributed by atoms with Crippen molar-refractivity contribution in [1.29, 1.82) is 0 Å². The van der Waals surface area contributed by atoms with Crippen LogP contribution in [0.15, 0.2) is 54.6 Å². The summed E-state index contributed by atoms with van der Waals surface area (Å²) in [5, 5.41) is 1.63. The second-order valence-electron chi connectivity index (χ2n) is 8.29. The minimum absolute atomic E-state index is 0.0495. The first-order valence-electron chi connectivity index (χ1n) is 11.0. The molecule has 1 aromatic heterocycles. The Morgan fingerprint density at radius 2 is 1.71 bits per heavy atom. The molecule has 1 aliphatic carbocycles. The van der Waals surface area contributed by atoms with Gasteiger partial charge in [-0.2, -0.15) is 0 Å². The lowest BCUT2D eigenvalue weighted by Crippen LogP contribution is -2.31. The fourth-order valence-corrected chi connectivity index (χ4v) is 5.80. The molecule has 1 saturated carbocycles. The third-order valence-corrected chi connectivity index (χ3v) is 7.93. The van der Waals surface area contributed by atoms with Gasteiger partial charge in [-0.3, -0.25) is 4.79 Å². The molecule has 5 rings (SSSR count). The molecule has 0 N–H and O–H groups in total. The van der Waals surface area contributed by atoms with Gasteiger partial charge in [0.05, 0.1) is 31.5 Å². The first-order chi connectivity index (χ1) is 16.5. The number of thiazole rings is 1. The maximum absolute atomic E-state index is 13.5. The van der Waals surface area contributed by atoms with Gasteiger partial charge < -0.3 is 14.2 Å². The second-order valence-corrected chi connectivity index (χ2v) is 9.73. The van der Waals surface area contributed by atoms with Crippen LogP contribution < -0.4 is 14.2 Å². The number of para-hydroxylation sites is 1. The molecule has 7 heteroatoms. The van der Waals surface area contributed by atoms with Crippen molar-refractivity contribution in [1.82, 2.24) is 4.98 Å². The average molecular weight is 494 g/mol. The molecule has 3 aromatic carbocycles. The monoisotopic (exact) mass is 493 g/mol. The minimum atomic E-state index is -0.161. The van der Waals surface area contributed by atoms with Gasteiger partial charge in [0, 0.05) is 22.1 Å². The van der Waals surface area contributed by atoms with Crippen molar-refractivity contribution in [3.05, 3.63) is 70.7 Å². The van der Waals surface area contributed by atoms with Gasteiger partial charge in [0.2, 0.25) is 5.75 Å². The highest BCUT2D eigenvalue weighted by atomic mass is 35.5. The number of ether oxygens (including phenoxy) is 3. The molecule has 0 bridgehead atoms. The number of Topliss-reactive ketones (excluding diaryl/α,β-unsaturated/α-hetero) is 1. The molecule has 0 radical (unpaired) electrons. The molecule has 174 valence electrons. The predicted molar refractivity (Wildman–Crippen MR) is 136 cm³/mol. The topological polar surface area (TPSA) is 57.7 Å². The van der Waals surface area contributed by atoms with Gasteiger partial charge in [0.15, 0.2) is 17.3 Å². The van der Waals surface area contributed by atoms with Crippen LogP contribution in [0.2, 0.25) is 5.02 Å². The first-order valence-corrected chi connectivity index (χ1v) is 12.2. The normalized spacial score (nSPS) is 17.3.